The van der Waals surface area contributed by atoms with Crippen molar-refractivity contribution in [1.29, 1.82) is 5.26 Å². The monoisotopic (exact) mass is 361 g/mol. The summed E-state index contributed by atoms with van der Waals surface area (Å²) in [5.41, 5.74) is 3.26. The molecule has 0 bridgehead atoms. The standard InChI is InChI=1S/C20H16FN5O/c1-12-7-14(5-6-23-12)17-10-24-26-13(2)11-25(20(27)19(17)26)16-4-3-15(9-22)18(21)8-16/h3-8,10,13H,11H2,1-2H3/t13-/m0/s1. The number of aromatic nitrogens is 3. The molecule has 0 saturated carbocycles. The molecule has 0 spiro atoms. The average Bonchev–Trinajstić information content (AvgIpc) is 3.11. The first-order chi connectivity index (χ1) is 13.0. The van der Waals surface area contributed by atoms with Crippen molar-refractivity contribution in [3.05, 3.63) is 65.5 Å². The van der Waals surface area contributed by atoms with E-state index in [1.54, 1.807) is 29.2 Å². The van der Waals surface area contributed by atoms with Gasteiger partial charge in [0, 0.05) is 29.7 Å². The van der Waals surface area contributed by atoms with Crippen LogP contribution >= 0.6 is 0 Å². The van der Waals surface area contributed by atoms with Crippen molar-refractivity contribution in [2.75, 3.05) is 11.4 Å². The van der Waals surface area contributed by atoms with Crippen LogP contribution in [0, 0.1) is 24.1 Å². The molecule has 1 amide bonds. The van der Waals surface area contributed by atoms with Crippen molar-refractivity contribution in [2.24, 2.45) is 0 Å². The Labute approximate surface area is 155 Å². The summed E-state index contributed by atoms with van der Waals surface area (Å²) in [5.74, 6) is -0.890. The molecule has 0 radical (unpaired) electrons. The lowest BCUT2D eigenvalue weighted by atomic mass is 10.0. The highest BCUT2D eigenvalue weighted by molar-refractivity contribution is 6.09. The number of rotatable bonds is 2. The Hall–Kier alpha value is -3.53. The number of anilines is 1. The van der Waals surface area contributed by atoms with Crippen LogP contribution in [0.25, 0.3) is 11.1 Å². The zero-order valence-corrected chi connectivity index (χ0v) is 14.8. The number of fused-ring (bicyclic) bond motifs is 1. The van der Waals surface area contributed by atoms with E-state index in [1.165, 1.54) is 17.0 Å². The molecule has 2 aromatic heterocycles. The van der Waals surface area contributed by atoms with E-state index in [9.17, 15) is 9.18 Å². The van der Waals surface area contributed by atoms with E-state index >= 15 is 0 Å². The normalized spacial score (nSPS) is 16.1. The van der Waals surface area contributed by atoms with Crippen molar-refractivity contribution in [3.63, 3.8) is 0 Å². The van der Waals surface area contributed by atoms with Crippen molar-refractivity contribution < 1.29 is 9.18 Å². The maximum atomic E-state index is 14.1. The topological polar surface area (TPSA) is 74.8 Å². The number of amides is 1. The number of nitrogens with zero attached hydrogens (tertiary/aromatic N) is 5. The fourth-order valence-electron chi connectivity index (χ4n) is 3.37. The van der Waals surface area contributed by atoms with E-state index in [4.69, 9.17) is 5.26 Å². The van der Waals surface area contributed by atoms with E-state index in [-0.39, 0.29) is 17.5 Å². The van der Waals surface area contributed by atoms with Crippen LogP contribution in [0.15, 0.2) is 42.7 Å². The molecule has 3 aromatic rings. The van der Waals surface area contributed by atoms with Gasteiger partial charge in [0.2, 0.25) is 0 Å². The number of hydrogen-bond acceptors (Lipinski definition) is 4. The fraction of sp³-hybridized carbons (Fsp3) is 0.200. The Morgan fingerprint density at radius 1 is 1.30 bits per heavy atom. The highest BCUT2D eigenvalue weighted by atomic mass is 19.1. The van der Waals surface area contributed by atoms with E-state index in [0.29, 0.717) is 17.9 Å². The number of hydrogen-bond donors (Lipinski definition) is 0. The van der Waals surface area contributed by atoms with Crippen LogP contribution in [0.2, 0.25) is 0 Å². The van der Waals surface area contributed by atoms with E-state index in [1.807, 2.05) is 26.0 Å². The molecule has 134 valence electrons. The minimum absolute atomic E-state index is 0.0470. The third-order valence-corrected chi connectivity index (χ3v) is 4.70. The first-order valence-electron chi connectivity index (χ1n) is 8.51. The average molecular weight is 361 g/mol. The van der Waals surface area contributed by atoms with Gasteiger partial charge in [-0.1, -0.05) is 0 Å². The number of carbonyl (C=O) groups is 1. The Morgan fingerprint density at radius 2 is 2.11 bits per heavy atom. The zero-order chi connectivity index (χ0) is 19.1. The largest absolute Gasteiger partial charge is 0.305 e. The lowest BCUT2D eigenvalue weighted by Crippen LogP contribution is -2.42. The molecule has 6 nitrogen and oxygen atoms in total. The van der Waals surface area contributed by atoms with E-state index < -0.39 is 5.82 Å². The third kappa shape index (κ3) is 2.75. The van der Waals surface area contributed by atoms with Crippen LogP contribution < -0.4 is 4.90 Å². The molecule has 0 aliphatic carbocycles. The summed E-state index contributed by atoms with van der Waals surface area (Å²) in [5, 5.41) is 13.3. The van der Waals surface area contributed by atoms with Crippen molar-refractivity contribution in [1.82, 2.24) is 14.8 Å². The predicted octanol–water partition coefficient (Wildman–Crippen LogP) is 3.49. The number of benzene rings is 1. The maximum absolute atomic E-state index is 14.1. The zero-order valence-electron chi connectivity index (χ0n) is 14.8. The quantitative estimate of drug-likeness (QED) is 0.700. The van der Waals surface area contributed by atoms with Gasteiger partial charge in [-0.25, -0.2) is 4.39 Å². The summed E-state index contributed by atoms with van der Waals surface area (Å²) in [6.07, 6.45) is 3.38. The summed E-state index contributed by atoms with van der Waals surface area (Å²) in [7, 11) is 0. The van der Waals surface area contributed by atoms with E-state index in [0.717, 1.165) is 16.8 Å². The SMILES string of the molecule is Cc1cc(-c2cnn3c2C(=O)N(c2ccc(C#N)c(F)c2)C[C@@H]3C)ccn1. The predicted molar refractivity (Wildman–Crippen MR) is 97.7 cm³/mol. The molecule has 1 atom stereocenters. The number of pyridine rings is 1. The second-order valence-electron chi connectivity index (χ2n) is 6.58. The molecule has 1 aliphatic heterocycles. The van der Waals surface area contributed by atoms with E-state index in [2.05, 4.69) is 10.1 Å². The molecule has 1 aliphatic rings. The van der Waals surface area contributed by atoms with Gasteiger partial charge >= 0.3 is 0 Å². The number of nitriles is 1. The lowest BCUT2D eigenvalue weighted by Gasteiger charge is -2.32. The maximum Gasteiger partial charge on any atom is 0.277 e. The molecular weight excluding hydrogens is 345 g/mol. The second kappa shape index (κ2) is 6.32. The first-order valence-corrected chi connectivity index (χ1v) is 8.51. The summed E-state index contributed by atoms with van der Waals surface area (Å²) in [4.78, 5) is 19.0. The molecule has 4 rings (SSSR count). The van der Waals surface area contributed by atoms with Gasteiger partial charge in [-0.3, -0.25) is 14.5 Å². The highest BCUT2D eigenvalue weighted by Crippen LogP contribution is 2.33. The molecule has 1 aromatic carbocycles. The molecule has 27 heavy (non-hydrogen) atoms. The van der Waals surface area contributed by atoms with Gasteiger partial charge in [-0.2, -0.15) is 10.4 Å². The minimum atomic E-state index is -0.639. The number of halogens is 1. The van der Waals surface area contributed by atoms with Gasteiger partial charge in [0.05, 0.1) is 17.8 Å². The Kier molecular flexibility index (Phi) is 3.96. The summed E-state index contributed by atoms with van der Waals surface area (Å²) in [6, 6.07) is 9.66. The number of aryl methyl sites for hydroxylation is 1. The molecular formula is C20H16FN5O. The molecule has 0 saturated heterocycles. The van der Waals surface area contributed by atoms with Crippen LogP contribution in [0.3, 0.4) is 0 Å². The molecule has 0 unspecified atom stereocenters. The lowest BCUT2D eigenvalue weighted by molar-refractivity contribution is 0.0954. The number of carbonyl (C=O) groups excluding carboxylic acids is 1. The van der Waals surface area contributed by atoms with Gasteiger partial charge in [0.15, 0.2) is 0 Å². The second-order valence-corrected chi connectivity index (χ2v) is 6.58. The Morgan fingerprint density at radius 3 is 2.81 bits per heavy atom. The van der Waals surface area contributed by atoms with Crippen LogP contribution in [0.5, 0.6) is 0 Å². The van der Waals surface area contributed by atoms with Gasteiger partial charge < -0.3 is 4.90 Å². The molecule has 7 heteroatoms. The molecule has 3 heterocycles. The smallest absolute Gasteiger partial charge is 0.277 e. The minimum Gasteiger partial charge on any atom is -0.305 e. The summed E-state index contributed by atoms with van der Waals surface area (Å²) >= 11 is 0. The van der Waals surface area contributed by atoms with Crippen LogP contribution in [0.1, 0.15) is 34.7 Å². The Balaban J connectivity index is 1.81. The van der Waals surface area contributed by atoms with Gasteiger partial charge in [0.1, 0.15) is 17.6 Å². The van der Waals surface area contributed by atoms with Crippen LogP contribution in [-0.4, -0.2) is 27.2 Å². The molecule has 0 N–H and O–H groups in total. The van der Waals surface area contributed by atoms with Gasteiger partial charge in [0.25, 0.3) is 5.91 Å². The van der Waals surface area contributed by atoms with Gasteiger partial charge in [-0.05, 0) is 49.7 Å². The molecule has 0 fully saturated rings. The highest BCUT2D eigenvalue weighted by Gasteiger charge is 2.34. The summed E-state index contributed by atoms with van der Waals surface area (Å²) < 4.78 is 15.8. The van der Waals surface area contributed by atoms with Crippen molar-refractivity contribution >= 4 is 11.6 Å². The van der Waals surface area contributed by atoms with Crippen LogP contribution in [0.4, 0.5) is 10.1 Å². The first kappa shape index (κ1) is 16.9. The Bertz CT molecular complexity index is 1100. The summed E-state index contributed by atoms with van der Waals surface area (Å²) in [6.45, 7) is 4.21. The van der Waals surface area contributed by atoms with Crippen molar-refractivity contribution in [2.45, 2.75) is 19.9 Å². The van der Waals surface area contributed by atoms with Crippen molar-refractivity contribution in [3.8, 4) is 17.2 Å². The van der Waals surface area contributed by atoms with Gasteiger partial charge in [-0.15, -0.1) is 0 Å². The third-order valence-electron chi connectivity index (χ3n) is 4.70. The fourth-order valence-corrected chi connectivity index (χ4v) is 3.37. The van der Waals surface area contributed by atoms with Crippen LogP contribution in [-0.2, 0) is 0 Å².